The zero-order valence-corrected chi connectivity index (χ0v) is 5.81. The molecule has 0 amide bonds. The summed E-state index contributed by atoms with van der Waals surface area (Å²) in [6, 6.07) is 0. The molecule has 0 aliphatic heterocycles. The molecule has 0 aliphatic rings. The molecule has 5 heteroatoms. The van der Waals surface area contributed by atoms with Crippen LogP contribution in [0.3, 0.4) is 0 Å². The third kappa shape index (κ3) is 4.28. The van der Waals surface area contributed by atoms with Crippen LogP contribution >= 0.6 is 0 Å². The van der Waals surface area contributed by atoms with Gasteiger partial charge < -0.3 is 9.14 Å². The summed E-state index contributed by atoms with van der Waals surface area (Å²) in [5.41, 5.74) is 0. The minimum absolute atomic E-state index is 0.0370. The lowest BCUT2D eigenvalue weighted by atomic mass is 9.86. The summed E-state index contributed by atoms with van der Waals surface area (Å²) in [5, 5.41) is 0. The molecule has 0 unspecified atom stereocenters. The molecule has 0 rings (SSSR count). The van der Waals surface area contributed by atoms with Gasteiger partial charge in [-0.25, -0.2) is 0 Å². The molecule has 0 fully saturated rings. The number of hydrogen-bond acceptors (Lipinski definition) is 2. The van der Waals surface area contributed by atoms with Crippen molar-refractivity contribution in [3.8, 4) is 0 Å². The molecule has 0 aliphatic carbocycles. The molecular weight excluding hydrogens is 100 g/mol. The Hall–Kier alpha value is 0.115. The molecule has 0 saturated heterocycles. The standard InChI is InChI=1S/C3H11B3O2/c1-4-7-6(3)8-5-2/h4-5H,1-3H3. The van der Waals surface area contributed by atoms with Crippen LogP contribution in [0.25, 0.3) is 0 Å². The molecule has 0 aromatic carbocycles. The van der Waals surface area contributed by atoms with E-state index in [9.17, 15) is 0 Å². The zero-order chi connectivity index (χ0) is 6.41. The average molecular weight is 112 g/mol. The van der Waals surface area contributed by atoms with Gasteiger partial charge in [0.15, 0.2) is 0 Å². The van der Waals surface area contributed by atoms with Crippen molar-refractivity contribution < 1.29 is 9.14 Å². The largest absolute Gasteiger partial charge is 0.479 e. The third-order valence-electron chi connectivity index (χ3n) is 0.803. The Morgan fingerprint density at radius 3 is 1.75 bits per heavy atom. The Morgan fingerprint density at radius 1 is 1.12 bits per heavy atom. The maximum absolute atomic E-state index is 5.06. The van der Waals surface area contributed by atoms with Crippen molar-refractivity contribution in [2.75, 3.05) is 0 Å². The van der Waals surface area contributed by atoms with Crippen molar-refractivity contribution >= 4 is 22.1 Å². The lowest BCUT2D eigenvalue weighted by Crippen LogP contribution is -2.20. The molecule has 0 aromatic rings. The molecule has 0 saturated carbocycles. The van der Waals surface area contributed by atoms with E-state index in [0.717, 1.165) is 15.0 Å². The maximum Gasteiger partial charge on any atom is 0.422 e. The molecule has 0 heterocycles. The van der Waals surface area contributed by atoms with Crippen molar-refractivity contribution in [1.29, 1.82) is 0 Å². The topological polar surface area (TPSA) is 18.5 Å². The van der Waals surface area contributed by atoms with E-state index in [1.54, 1.807) is 0 Å². The van der Waals surface area contributed by atoms with E-state index in [4.69, 9.17) is 9.14 Å². The zero-order valence-electron chi connectivity index (χ0n) is 5.81. The Balaban J connectivity index is 2.92. The van der Waals surface area contributed by atoms with E-state index in [0.29, 0.717) is 0 Å². The third-order valence-corrected chi connectivity index (χ3v) is 0.803. The lowest BCUT2D eigenvalue weighted by Gasteiger charge is -2.05. The molecule has 44 valence electrons. The van der Waals surface area contributed by atoms with E-state index >= 15 is 0 Å². The predicted octanol–water partition coefficient (Wildman–Crippen LogP) is -0.0632. The summed E-state index contributed by atoms with van der Waals surface area (Å²) in [6.45, 7) is 5.80. The van der Waals surface area contributed by atoms with Gasteiger partial charge in [0.1, 0.15) is 0 Å². The van der Waals surface area contributed by atoms with Gasteiger partial charge in [-0.15, -0.1) is 0 Å². The molecule has 0 atom stereocenters. The van der Waals surface area contributed by atoms with Gasteiger partial charge in [-0.3, -0.25) is 0 Å². The lowest BCUT2D eigenvalue weighted by molar-refractivity contribution is 0.466. The van der Waals surface area contributed by atoms with E-state index in [-0.39, 0.29) is 7.12 Å². The highest BCUT2D eigenvalue weighted by atomic mass is 16.5. The van der Waals surface area contributed by atoms with Gasteiger partial charge in [-0.05, 0) is 6.82 Å². The minimum atomic E-state index is -0.0370. The second kappa shape index (κ2) is 5.26. The van der Waals surface area contributed by atoms with Crippen LogP contribution in [0.5, 0.6) is 0 Å². The fraction of sp³-hybridized carbons (Fsp3) is 1.00. The van der Waals surface area contributed by atoms with E-state index in [1.165, 1.54) is 0 Å². The molecular formula is C3H11B3O2. The van der Waals surface area contributed by atoms with E-state index < -0.39 is 0 Å². The molecule has 2 nitrogen and oxygen atoms in total. The fourth-order valence-corrected chi connectivity index (χ4v) is 0.518. The van der Waals surface area contributed by atoms with Crippen LogP contribution in [0.2, 0.25) is 20.5 Å². The average Bonchev–Trinajstić information content (AvgIpc) is 1.68. The fourth-order valence-electron chi connectivity index (χ4n) is 0.518. The van der Waals surface area contributed by atoms with Gasteiger partial charge in [0.2, 0.25) is 0 Å². The van der Waals surface area contributed by atoms with Gasteiger partial charge >= 0.3 is 7.12 Å². The van der Waals surface area contributed by atoms with Crippen LogP contribution in [0.15, 0.2) is 0 Å². The second-order valence-electron chi connectivity index (χ2n) is 1.48. The first-order valence-electron chi connectivity index (χ1n) is 3.04. The number of hydrogen-bond donors (Lipinski definition) is 0. The van der Waals surface area contributed by atoms with Crippen molar-refractivity contribution in [3.63, 3.8) is 0 Å². The molecule has 0 aromatic heterocycles. The van der Waals surface area contributed by atoms with Crippen molar-refractivity contribution in [3.05, 3.63) is 0 Å². The highest BCUT2D eigenvalue weighted by Gasteiger charge is 2.05. The van der Waals surface area contributed by atoms with Gasteiger partial charge in [0.25, 0.3) is 15.0 Å². The highest BCUT2D eigenvalue weighted by Crippen LogP contribution is 1.83. The summed E-state index contributed by atoms with van der Waals surface area (Å²) >= 11 is 0. The van der Waals surface area contributed by atoms with Crippen molar-refractivity contribution in [2.24, 2.45) is 0 Å². The van der Waals surface area contributed by atoms with Crippen LogP contribution in [-0.4, -0.2) is 22.1 Å². The molecule has 0 N–H and O–H groups in total. The van der Waals surface area contributed by atoms with Crippen LogP contribution in [0.1, 0.15) is 0 Å². The normalized spacial score (nSPS) is 8.38. The van der Waals surface area contributed by atoms with E-state index in [2.05, 4.69) is 0 Å². The quantitative estimate of drug-likeness (QED) is 0.473. The van der Waals surface area contributed by atoms with Gasteiger partial charge in [0, 0.05) is 0 Å². The molecule has 0 spiro atoms. The first-order valence-corrected chi connectivity index (χ1v) is 3.04. The van der Waals surface area contributed by atoms with E-state index in [1.807, 2.05) is 20.5 Å². The van der Waals surface area contributed by atoms with Gasteiger partial charge in [-0.2, -0.15) is 0 Å². The smallest absolute Gasteiger partial charge is 0.422 e. The molecule has 0 bridgehead atoms. The summed E-state index contributed by atoms with van der Waals surface area (Å²) in [4.78, 5) is 0. The Labute approximate surface area is 52.6 Å². The van der Waals surface area contributed by atoms with Gasteiger partial charge in [0.05, 0.1) is 0 Å². The number of rotatable bonds is 4. The Morgan fingerprint density at radius 2 is 1.50 bits per heavy atom. The first kappa shape index (κ1) is 8.11. The van der Waals surface area contributed by atoms with Crippen LogP contribution < -0.4 is 0 Å². The SMILES string of the molecule is CBOB(C)OBC. The van der Waals surface area contributed by atoms with Crippen molar-refractivity contribution in [2.45, 2.75) is 20.5 Å². The molecule has 0 radical (unpaired) electrons. The second-order valence-corrected chi connectivity index (χ2v) is 1.48. The van der Waals surface area contributed by atoms with Crippen LogP contribution in [0.4, 0.5) is 0 Å². The van der Waals surface area contributed by atoms with Gasteiger partial charge in [-0.1, -0.05) is 13.6 Å². The Kier molecular flexibility index (Phi) is 5.33. The van der Waals surface area contributed by atoms with Crippen LogP contribution in [-0.2, 0) is 9.14 Å². The van der Waals surface area contributed by atoms with Crippen LogP contribution in [0, 0.1) is 0 Å². The highest BCUT2D eigenvalue weighted by molar-refractivity contribution is 6.56. The monoisotopic (exact) mass is 112 g/mol. The minimum Gasteiger partial charge on any atom is -0.479 e. The summed E-state index contributed by atoms with van der Waals surface area (Å²) in [5.74, 6) is 0. The summed E-state index contributed by atoms with van der Waals surface area (Å²) in [6.07, 6.45) is 0. The summed E-state index contributed by atoms with van der Waals surface area (Å²) < 4.78 is 10.1. The first-order chi connectivity index (χ1) is 3.81. The maximum atomic E-state index is 5.06. The molecule has 8 heavy (non-hydrogen) atoms. The summed E-state index contributed by atoms with van der Waals surface area (Å²) in [7, 11) is 1.41. The van der Waals surface area contributed by atoms with Crippen molar-refractivity contribution in [1.82, 2.24) is 0 Å². The Bertz CT molecular complexity index is 45.8. The predicted molar refractivity (Wildman–Crippen MR) is 39.8 cm³/mol.